The summed E-state index contributed by atoms with van der Waals surface area (Å²) in [6, 6.07) is 2.19. The Labute approximate surface area is 112 Å². The van der Waals surface area contributed by atoms with Crippen LogP contribution < -0.4 is 5.32 Å². The number of ether oxygens (including phenoxy) is 1. The van der Waals surface area contributed by atoms with Gasteiger partial charge in [-0.15, -0.1) is 0 Å². The number of aryl methyl sites for hydroxylation is 1. The molecule has 5 nitrogen and oxygen atoms in total. The summed E-state index contributed by atoms with van der Waals surface area (Å²) in [4.78, 5) is 2.41. The average molecular weight is 266 g/mol. The highest BCUT2D eigenvalue weighted by Crippen LogP contribution is 2.23. The molecule has 1 aromatic rings. The number of nitrogens with one attached hydrogen (secondary N) is 1. The SMILES string of the molecule is Cc1nsc(NCCCN2CCOCC2)c1C#N. The average Bonchev–Trinajstić information content (AvgIpc) is 2.76. The Bertz CT molecular complexity index is 420. The molecule has 0 saturated carbocycles. The normalized spacial score (nSPS) is 16.4. The number of aromatic nitrogens is 1. The van der Waals surface area contributed by atoms with E-state index in [9.17, 15) is 0 Å². The number of anilines is 1. The largest absolute Gasteiger partial charge is 0.379 e. The number of morpholine rings is 1. The summed E-state index contributed by atoms with van der Waals surface area (Å²) in [6.45, 7) is 7.59. The van der Waals surface area contributed by atoms with Gasteiger partial charge in [0.15, 0.2) is 0 Å². The number of hydrogen-bond donors (Lipinski definition) is 1. The fraction of sp³-hybridized carbons (Fsp3) is 0.667. The molecule has 1 aromatic heterocycles. The van der Waals surface area contributed by atoms with Crippen LogP contribution in [0.25, 0.3) is 0 Å². The lowest BCUT2D eigenvalue weighted by Crippen LogP contribution is -2.37. The van der Waals surface area contributed by atoms with Gasteiger partial charge in [-0.1, -0.05) is 0 Å². The van der Waals surface area contributed by atoms with E-state index in [2.05, 4.69) is 20.7 Å². The Balaban J connectivity index is 1.70. The molecule has 0 atom stereocenters. The summed E-state index contributed by atoms with van der Waals surface area (Å²) in [5, 5.41) is 13.2. The first-order valence-electron chi connectivity index (χ1n) is 6.21. The van der Waals surface area contributed by atoms with Crippen LogP contribution in [0, 0.1) is 18.3 Å². The minimum Gasteiger partial charge on any atom is -0.379 e. The number of hydrogen-bond acceptors (Lipinski definition) is 6. The molecular weight excluding hydrogens is 248 g/mol. The first-order valence-corrected chi connectivity index (χ1v) is 6.99. The van der Waals surface area contributed by atoms with Gasteiger partial charge < -0.3 is 10.1 Å². The van der Waals surface area contributed by atoms with Crippen molar-refractivity contribution < 1.29 is 4.74 Å². The van der Waals surface area contributed by atoms with E-state index in [1.54, 1.807) is 0 Å². The molecule has 0 bridgehead atoms. The van der Waals surface area contributed by atoms with Crippen LogP contribution in [0.1, 0.15) is 17.7 Å². The zero-order valence-electron chi connectivity index (χ0n) is 10.6. The van der Waals surface area contributed by atoms with Crippen LogP contribution in [0.5, 0.6) is 0 Å². The molecule has 18 heavy (non-hydrogen) atoms. The molecule has 1 aliphatic heterocycles. The van der Waals surface area contributed by atoms with E-state index in [1.165, 1.54) is 11.5 Å². The third-order valence-electron chi connectivity index (χ3n) is 3.01. The molecule has 0 radical (unpaired) electrons. The molecule has 1 aliphatic rings. The zero-order valence-corrected chi connectivity index (χ0v) is 11.4. The van der Waals surface area contributed by atoms with Crippen molar-refractivity contribution in [2.45, 2.75) is 13.3 Å². The summed E-state index contributed by atoms with van der Waals surface area (Å²) >= 11 is 1.37. The Kier molecular flexibility index (Phi) is 4.93. The maximum atomic E-state index is 9.00. The summed E-state index contributed by atoms with van der Waals surface area (Å²) in [5.41, 5.74) is 1.50. The molecule has 1 N–H and O–H groups in total. The van der Waals surface area contributed by atoms with Gasteiger partial charge in [0.2, 0.25) is 0 Å². The second-order valence-electron chi connectivity index (χ2n) is 4.32. The van der Waals surface area contributed by atoms with Gasteiger partial charge in [-0.25, -0.2) is 0 Å². The van der Waals surface area contributed by atoms with Gasteiger partial charge >= 0.3 is 0 Å². The maximum Gasteiger partial charge on any atom is 0.127 e. The predicted molar refractivity (Wildman–Crippen MR) is 71.9 cm³/mol. The Hall–Kier alpha value is -1.16. The van der Waals surface area contributed by atoms with Gasteiger partial charge in [0.05, 0.1) is 18.9 Å². The van der Waals surface area contributed by atoms with Crippen molar-refractivity contribution in [3.8, 4) is 6.07 Å². The fourth-order valence-electron chi connectivity index (χ4n) is 1.95. The molecule has 0 amide bonds. The van der Waals surface area contributed by atoms with Crippen molar-refractivity contribution in [3.05, 3.63) is 11.3 Å². The minimum absolute atomic E-state index is 0.686. The fourth-order valence-corrected chi connectivity index (χ4v) is 2.72. The number of nitrogens with zero attached hydrogens (tertiary/aromatic N) is 3. The Morgan fingerprint density at radius 1 is 1.50 bits per heavy atom. The first-order chi connectivity index (χ1) is 8.81. The summed E-state index contributed by atoms with van der Waals surface area (Å²) in [7, 11) is 0. The van der Waals surface area contributed by atoms with E-state index in [0.717, 1.165) is 56.5 Å². The van der Waals surface area contributed by atoms with Gasteiger partial charge in [0.1, 0.15) is 16.6 Å². The van der Waals surface area contributed by atoms with Crippen molar-refractivity contribution in [2.24, 2.45) is 0 Å². The molecule has 2 heterocycles. The van der Waals surface area contributed by atoms with Gasteiger partial charge in [0, 0.05) is 19.6 Å². The van der Waals surface area contributed by atoms with E-state index in [0.29, 0.717) is 5.56 Å². The third-order valence-corrected chi connectivity index (χ3v) is 3.91. The maximum absolute atomic E-state index is 9.00. The van der Waals surface area contributed by atoms with E-state index in [1.807, 2.05) is 6.92 Å². The molecule has 0 spiro atoms. The molecule has 2 rings (SSSR count). The highest BCUT2D eigenvalue weighted by molar-refractivity contribution is 7.10. The van der Waals surface area contributed by atoms with Crippen LogP contribution in [-0.2, 0) is 4.74 Å². The molecule has 0 aliphatic carbocycles. The lowest BCUT2D eigenvalue weighted by atomic mass is 10.3. The monoisotopic (exact) mass is 266 g/mol. The number of nitriles is 1. The second kappa shape index (κ2) is 6.69. The van der Waals surface area contributed by atoms with Crippen molar-refractivity contribution in [1.29, 1.82) is 5.26 Å². The second-order valence-corrected chi connectivity index (χ2v) is 5.09. The third kappa shape index (κ3) is 3.42. The summed E-state index contributed by atoms with van der Waals surface area (Å²) in [6.07, 6.45) is 1.07. The highest BCUT2D eigenvalue weighted by atomic mass is 32.1. The van der Waals surface area contributed by atoms with Crippen LogP contribution in [0.2, 0.25) is 0 Å². The molecule has 98 valence electrons. The van der Waals surface area contributed by atoms with Crippen molar-refractivity contribution in [2.75, 3.05) is 44.7 Å². The molecule has 1 fully saturated rings. The van der Waals surface area contributed by atoms with Gasteiger partial charge in [-0.2, -0.15) is 9.64 Å². The lowest BCUT2D eigenvalue weighted by molar-refractivity contribution is 0.0378. The molecule has 0 unspecified atom stereocenters. The quantitative estimate of drug-likeness (QED) is 0.818. The van der Waals surface area contributed by atoms with Gasteiger partial charge in [0.25, 0.3) is 0 Å². The van der Waals surface area contributed by atoms with Crippen LogP contribution in [-0.4, -0.2) is 48.7 Å². The molecular formula is C12H18N4OS. The summed E-state index contributed by atoms with van der Waals surface area (Å²) < 4.78 is 9.49. The van der Waals surface area contributed by atoms with E-state index in [4.69, 9.17) is 10.00 Å². The van der Waals surface area contributed by atoms with Gasteiger partial charge in [-0.05, 0) is 31.4 Å². The van der Waals surface area contributed by atoms with E-state index >= 15 is 0 Å². The lowest BCUT2D eigenvalue weighted by Gasteiger charge is -2.26. The predicted octanol–water partition coefficient (Wildman–Crippen LogP) is 1.46. The highest BCUT2D eigenvalue weighted by Gasteiger charge is 2.11. The van der Waals surface area contributed by atoms with Crippen molar-refractivity contribution in [3.63, 3.8) is 0 Å². The van der Waals surface area contributed by atoms with Crippen molar-refractivity contribution in [1.82, 2.24) is 9.27 Å². The molecule has 0 aromatic carbocycles. The van der Waals surface area contributed by atoms with E-state index in [-0.39, 0.29) is 0 Å². The van der Waals surface area contributed by atoms with Crippen LogP contribution in [0.15, 0.2) is 0 Å². The van der Waals surface area contributed by atoms with Crippen LogP contribution in [0.3, 0.4) is 0 Å². The topological polar surface area (TPSA) is 61.2 Å². The summed E-state index contributed by atoms with van der Waals surface area (Å²) in [5.74, 6) is 0. The van der Waals surface area contributed by atoms with Gasteiger partial charge in [-0.3, -0.25) is 4.90 Å². The number of rotatable bonds is 5. The molecule has 1 saturated heterocycles. The standard InChI is InChI=1S/C12H18N4OS/c1-10-11(9-13)12(18-15-10)14-3-2-4-16-5-7-17-8-6-16/h14H,2-8H2,1H3. The van der Waals surface area contributed by atoms with Crippen LogP contribution >= 0.6 is 11.5 Å². The van der Waals surface area contributed by atoms with E-state index < -0.39 is 0 Å². The minimum atomic E-state index is 0.686. The van der Waals surface area contributed by atoms with Crippen LogP contribution in [0.4, 0.5) is 5.00 Å². The smallest absolute Gasteiger partial charge is 0.127 e. The molecule has 6 heteroatoms. The first kappa shape index (κ1) is 13.3. The van der Waals surface area contributed by atoms with Crippen molar-refractivity contribution >= 4 is 16.5 Å². The zero-order chi connectivity index (χ0) is 12.8. The Morgan fingerprint density at radius 2 is 2.28 bits per heavy atom. The Morgan fingerprint density at radius 3 is 3.00 bits per heavy atom.